The Morgan fingerprint density at radius 1 is 1.12 bits per heavy atom. The molecule has 0 saturated heterocycles. The summed E-state index contributed by atoms with van der Waals surface area (Å²) in [7, 11) is 4.71. The zero-order chi connectivity index (χ0) is 24.2. The number of likely N-dealkylation sites (N-methyl/N-ethyl adjacent to an activating group) is 1. The number of hydrogen-bond acceptors (Lipinski definition) is 6. The monoisotopic (exact) mass is 478 g/mol. The summed E-state index contributed by atoms with van der Waals surface area (Å²) in [5.41, 5.74) is 3.34. The molecule has 0 aliphatic carbocycles. The molecule has 4 aromatic rings. The first-order chi connectivity index (χ1) is 16.4. The first-order valence-electron chi connectivity index (χ1n) is 10.7. The van der Waals surface area contributed by atoms with Crippen LogP contribution >= 0.6 is 11.3 Å². The summed E-state index contributed by atoms with van der Waals surface area (Å²) in [4.78, 5) is 34.0. The van der Waals surface area contributed by atoms with Crippen LogP contribution in [0.1, 0.15) is 20.9 Å². The minimum absolute atomic E-state index is 0.263. The Morgan fingerprint density at radius 2 is 1.88 bits per heavy atom. The molecule has 9 heteroatoms. The van der Waals surface area contributed by atoms with E-state index in [0.29, 0.717) is 33.5 Å². The van der Waals surface area contributed by atoms with Gasteiger partial charge in [-0.25, -0.2) is 4.98 Å². The van der Waals surface area contributed by atoms with Gasteiger partial charge in [-0.2, -0.15) is 0 Å². The lowest BCUT2D eigenvalue weighted by Crippen LogP contribution is -2.47. The summed E-state index contributed by atoms with van der Waals surface area (Å²) in [6.45, 7) is 1.78. The van der Waals surface area contributed by atoms with E-state index in [0.717, 1.165) is 22.0 Å². The van der Waals surface area contributed by atoms with E-state index in [1.165, 1.54) is 11.3 Å². The van der Waals surface area contributed by atoms with Gasteiger partial charge in [0.2, 0.25) is 5.91 Å². The SMILES string of the molecule is CNC(=O)[C@H](Cc1c[nH]c2ccccc12)NC(=O)c1sc(-c2ccc(OC)c(OC)c2)nc1C. The third kappa shape index (κ3) is 4.60. The van der Waals surface area contributed by atoms with E-state index in [4.69, 9.17) is 9.47 Å². The Morgan fingerprint density at radius 3 is 2.62 bits per heavy atom. The minimum atomic E-state index is -0.734. The van der Waals surface area contributed by atoms with Gasteiger partial charge in [-0.3, -0.25) is 9.59 Å². The van der Waals surface area contributed by atoms with Crippen LogP contribution in [0.25, 0.3) is 21.5 Å². The third-order valence-corrected chi connectivity index (χ3v) is 6.81. The topological polar surface area (TPSA) is 105 Å². The molecule has 0 bridgehead atoms. The number of carbonyl (C=O) groups excluding carboxylic acids is 2. The van der Waals surface area contributed by atoms with Crippen molar-refractivity contribution in [3.63, 3.8) is 0 Å². The van der Waals surface area contributed by atoms with Crippen molar-refractivity contribution in [1.82, 2.24) is 20.6 Å². The number of carbonyl (C=O) groups is 2. The standard InChI is InChI=1S/C25H26N4O4S/c1-14-22(34-25(28-14)15-9-10-20(32-3)21(12-15)33-4)24(31)29-19(23(30)26-2)11-16-13-27-18-8-6-5-7-17(16)18/h5-10,12-13,19,27H,11H2,1-4H3,(H,26,30)(H,29,31)/t19-/m0/s1. The fourth-order valence-corrected chi connectivity index (χ4v) is 4.79. The van der Waals surface area contributed by atoms with E-state index < -0.39 is 6.04 Å². The van der Waals surface area contributed by atoms with Crippen LogP contribution in [0.3, 0.4) is 0 Å². The quantitative estimate of drug-likeness (QED) is 0.358. The van der Waals surface area contributed by atoms with Crippen molar-refractivity contribution in [2.75, 3.05) is 21.3 Å². The highest BCUT2D eigenvalue weighted by Crippen LogP contribution is 2.35. The average molecular weight is 479 g/mol. The highest BCUT2D eigenvalue weighted by atomic mass is 32.1. The summed E-state index contributed by atoms with van der Waals surface area (Å²) in [5, 5.41) is 7.24. The largest absolute Gasteiger partial charge is 0.493 e. The molecule has 3 N–H and O–H groups in total. The van der Waals surface area contributed by atoms with Gasteiger partial charge in [-0.1, -0.05) is 18.2 Å². The number of aromatic nitrogens is 2. The molecule has 0 saturated carbocycles. The van der Waals surface area contributed by atoms with Crippen molar-refractivity contribution in [3.8, 4) is 22.1 Å². The van der Waals surface area contributed by atoms with Gasteiger partial charge < -0.3 is 25.1 Å². The summed E-state index contributed by atoms with van der Waals surface area (Å²) < 4.78 is 10.7. The van der Waals surface area contributed by atoms with Crippen molar-refractivity contribution in [3.05, 3.63) is 64.8 Å². The number of ether oxygens (including phenoxy) is 2. The van der Waals surface area contributed by atoms with Crippen molar-refractivity contribution in [2.24, 2.45) is 0 Å². The lowest BCUT2D eigenvalue weighted by atomic mass is 10.0. The van der Waals surface area contributed by atoms with Gasteiger partial charge in [0, 0.05) is 36.1 Å². The number of thiazole rings is 1. The van der Waals surface area contributed by atoms with Gasteiger partial charge in [0.25, 0.3) is 5.91 Å². The number of amides is 2. The van der Waals surface area contributed by atoms with Gasteiger partial charge in [0.1, 0.15) is 15.9 Å². The van der Waals surface area contributed by atoms with Gasteiger partial charge in [-0.05, 0) is 36.8 Å². The molecule has 2 amide bonds. The summed E-state index contributed by atoms with van der Waals surface area (Å²) in [6.07, 6.45) is 2.23. The van der Waals surface area contributed by atoms with E-state index in [2.05, 4.69) is 20.6 Å². The van der Waals surface area contributed by atoms with Crippen molar-refractivity contribution >= 4 is 34.1 Å². The maximum Gasteiger partial charge on any atom is 0.263 e. The molecular weight excluding hydrogens is 452 g/mol. The van der Waals surface area contributed by atoms with Crippen LogP contribution in [0.4, 0.5) is 0 Å². The van der Waals surface area contributed by atoms with Crippen molar-refractivity contribution in [2.45, 2.75) is 19.4 Å². The van der Waals surface area contributed by atoms with Crippen LogP contribution in [-0.4, -0.2) is 49.1 Å². The number of H-pyrrole nitrogens is 1. The minimum Gasteiger partial charge on any atom is -0.493 e. The van der Waals surface area contributed by atoms with Gasteiger partial charge in [0.15, 0.2) is 11.5 Å². The Balaban J connectivity index is 1.58. The number of benzene rings is 2. The van der Waals surface area contributed by atoms with Crippen LogP contribution in [0.5, 0.6) is 11.5 Å². The molecule has 2 aromatic heterocycles. The first kappa shape index (κ1) is 23.3. The van der Waals surface area contributed by atoms with Crippen LogP contribution in [0.15, 0.2) is 48.7 Å². The fourth-order valence-electron chi connectivity index (χ4n) is 3.83. The van der Waals surface area contributed by atoms with Crippen LogP contribution in [-0.2, 0) is 11.2 Å². The van der Waals surface area contributed by atoms with Gasteiger partial charge >= 0.3 is 0 Å². The van der Waals surface area contributed by atoms with Crippen LogP contribution < -0.4 is 20.1 Å². The zero-order valence-corrected chi connectivity index (χ0v) is 20.2. The van der Waals surface area contributed by atoms with E-state index >= 15 is 0 Å². The summed E-state index contributed by atoms with van der Waals surface area (Å²) in [5.74, 6) is 0.594. The predicted molar refractivity (Wildman–Crippen MR) is 133 cm³/mol. The van der Waals surface area contributed by atoms with E-state index in [1.807, 2.05) is 42.6 Å². The first-order valence-corrected chi connectivity index (χ1v) is 11.5. The molecule has 0 aliphatic rings. The maximum atomic E-state index is 13.2. The number of para-hydroxylation sites is 1. The molecule has 8 nitrogen and oxygen atoms in total. The Kier molecular flexibility index (Phi) is 6.83. The van der Waals surface area contributed by atoms with Gasteiger partial charge in [-0.15, -0.1) is 11.3 Å². The number of rotatable bonds is 8. The van der Waals surface area contributed by atoms with E-state index in [9.17, 15) is 9.59 Å². The maximum absolute atomic E-state index is 13.2. The van der Waals surface area contributed by atoms with E-state index in [1.54, 1.807) is 34.3 Å². The second kappa shape index (κ2) is 9.96. The Bertz CT molecular complexity index is 1340. The molecule has 4 rings (SSSR count). The molecule has 2 heterocycles. The number of nitrogens with zero attached hydrogens (tertiary/aromatic N) is 1. The molecule has 1 atom stereocenters. The Labute approximate surface area is 201 Å². The molecule has 0 radical (unpaired) electrons. The van der Waals surface area contributed by atoms with Crippen molar-refractivity contribution < 1.29 is 19.1 Å². The van der Waals surface area contributed by atoms with E-state index in [-0.39, 0.29) is 11.8 Å². The molecule has 2 aromatic carbocycles. The second-order valence-electron chi connectivity index (χ2n) is 7.71. The smallest absolute Gasteiger partial charge is 0.263 e. The second-order valence-corrected chi connectivity index (χ2v) is 8.71. The van der Waals surface area contributed by atoms with Crippen molar-refractivity contribution in [1.29, 1.82) is 0 Å². The third-order valence-electron chi connectivity index (χ3n) is 5.60. The number of aromatic amines is 1. The molecular formula is C25H26N4O4S. The Hall–Kier alpha value is -3.85. The number of aryl methyl sites for hydroxylation is 1. The highest BCUT2D eigenvalue weighted by molar-refractivity contribution is 7.17. The van der Waals surface area contributed by atoms with Crippen LogP contribution in [0, 0.1) is 6.92 Å². The molecule has 0 aliphatic heterocycles. The average Bonchev–Trinajstić information content (AvgIpc) is 3.46. The molecule has 176 valence electrons. The number of methoxy groups -OCH3 is 2. The predicted octanol–water partition coefficient (Wildman–Crippen LogP) is 3.70. The van der Waals surface area contributed by atoms with Crippen LogP contribution in [0.2, 0.25) is 0 Å². The number of hydrogen-bond donors (Lipinski definition) is 3. The number of nitrogens with one attached hydrogen (secondary N) is 3. The fraction of sp³-hybridized carbons (Fsp3) is 0.240. The summed E-state index contributed by atoms with van der Waals surface area (Å²) in [6, 6.07) is 12.6. The van der Waals surface area contributed by atoms with Gasteiger partial charge in [0.05, 0.1) is 19.9 Å². The normalized spacial score (nSPS) is 11.8. The lowest BCUT2D eigenvalue weighted by molar-refractivity contribution is -0.122. The molecule has 34 heavy (non-hydrogen) atoms. The lowest BCUT2D eigenvalue weighted by Gasteiger charge is -2.17. The zero-order valence-electron chi connectivity index (χ0n) is 19.4. The summed E-state index contributed by atoms with van der Waals surface area (Å²) >= 11 is 1.27. The highest BCUT2D eigenvalue weighted by Gasteiger charge is 2.25. The molecule has 0 spiro atoms. The number of fused-ring (bicyclic) bond motifs is 1. The molecule has 0 unspecified atom stereocenters. The molecule has 0 fully saturated rings.